The lowest BCUT2D eigenvalue weighted by molar-refractivity contribution is 0.983. The lowest BCUT2D eigenvalue weighted by Gasteiger charge is -2.01. The summed E-state index contributed by atoms with van der Waals surface area (Å²) in [5, 5.41) is 1.34. The van der Waals surface area contributed by atoms with Gasteiger partial charge < -0.3 is 0 Å². The van der Waals surface area contributed by atoms with Crippen molar-refractivity contribution in [2.45, 2.75) is 12.1 Å². The molecule has 0 fully saturated rings. The van der Waals surface area contributed by atoms with E-state index in [1.165, 1.54) is 11.8 Å². The minimum atomic E-state index is 0.0894. The van der Waals surface area contributed by atoms with Crippen LogP contribution in [0, 0.1) is 6.92 Å². The second-order valence-corrected chi connectivity index (χ2v) is 7.94. The second-order valence-electron chi connectivity index (χ2n) is 5.02. The van der Waals surface area contributed by atoms with Gasteiger partial charge in [0.05, 0.1) is 0 Å². The van der Waals surface area contributed by atoms with Crippen molar-refractivity contribution >= 4 is 104 Å². The zero-order valence-electron chi connectivity index (χ0n) is 14.3. The van der Waals surface area contributed by atoms with Crippen molar-refractivity contribution < 1.29 is 0 Å². The minimum absolute atomic E-state index is 0.0894. The van der Waals surface area contributed by atoms with Crippen LogP contribution in [0.3, 0.4) is 0 Å². The molecule has 0 saturated carbocycles. The van der Waals surface area contributed by atoms with Crippen LogP contribution in [0.25, 0.3) is 22.3 Å². The van der Waals surface area contributed by atoms with Crippen molar-refractivity contribution in [1.29, 1.82) is 0 Å². The van der Waals surface area contributed by atoms with E-state index in [1.54, 1.807) is 6.92 Å². The van der Waals surface area contributed by atoms with Crippen LogP contribution in [0.1, 0.15) is 5.82 Å². The third-order valence-corrected chi connectivity index (χ3v) is 5.41. The Balaban J connectivity index is 0.000000166. The van der Waals surface area contributed by atoms with Crippen LogP contribution in [0.4, 0.5) is 0 Å². The maximum Gasteiger partial charge on any atom is 0.190 e. The van der Waals surface area contributed by atoms with Crippen LogP contribution in [0.5, 0.6) is 0 Å². The van der Waals surface area contributed by atoms with Gasteiger partial charge in [0, 0.05) is 0 Å². The highest BCUT2D eigenvalue weighted by Crippen LogP contribution is 2.26. The fourth-order valence-corrected chi connectivity index (χ4v) is 3.29. The van der Waals surface area contributed by atoms with Gasteiger partial charge in [-0.2, -0.15) is 0 Å². The molecule has 4 aromatic heterocycles. The largest absolute Gasteiger partial charge is 0.226 e. The molecule has 0 N–H and O–H groups in total. The molecule has 150 valence electrons. The highest BCUT2D eigenvalue weighted by atomic mass is 35.5. The summed E-state index contributed by atoms with van der Waals surface area (Å²) in [7, 11) is 0. The predicted octanol–water partition coefficient (Wildman–Crippen LogP) is 5.79. The first-order valence-corrected chi connectivity index (χ1v) is 10.8. The van der Waals surface area contributed by atoms with Crippen LogP contribution in [0.15, 0.2) is 5.16 Å². The van der Waals surface area contributed by atoms with Crippen LogP contribution >= 0.6 is 81.4 Å². The van der Waals surface area contributed by atoms with E-state index in [9.17, 15) is 0 Å². The number of rotatable bonds is 1. The molecule has 0 aliphatic rings. The van der Waals surface area contributed by atoms with E-state index in [0.29, 0.717) is 33.3 Å². The molecule has 4 rings (SSSR count). The molecular formula is C14H6Cl6N8S. The van der Waals surface area contributed by atoms with Gasteiger partial charge in [-0.1, -0.05) is 81.4 Å². The Hall–Kier alpha value is -1.07. The lowest BCUT2D eigenvalue weighted by atomic mass is 10.5. The number of nitrogens with zero attached hydrogens (tertiary/aromatic N) is 8. The molecule has 29 heavy (non-hydrogen) atoms. The summed E-state index contributed by atoms with van der Waals surface area (Å²) >= 11 is 35.9. The fourth-order valence-electron chi connectivity index (χ4n) is 1.92. The Bertz CT molecular complexity index is 1240. The number of halogens is 6. The van der Waals surface area contributed by atoms with Crippen molar-refractivity contribution in [1.82, 2.24) is 39.9 Å². The number of aromatic nitrogens is 8. The molecular weight excluding hydrogens is 525 g/mol. The molecule has 0 amide bonds. The van der Waals surface area contributed by atoms with Gasteiger partial charge in [-0.25, -0.2) is 39.9 Å². The molecule has 0 aromatic carbocycles. The maximum absolute atomic E-state index is 5.90. The van der Waals surface area contributed by atoms with Crippen LogP contribution in [-0.4, -0.2) is 46.1 Å². The summed E-state index contributed by atoms with van der Waals surface area (Å²) in [6.45, 7) is 1.70. The van der Waals surface area contributed by atoms with Gasteiger partial charge in [-0.3, -0.25) is 0 Å². The Morgan fingerprint density at radius 3 is 1.48 bits per heavy atom. The normalized spacial score (nSPS) is 10.9. The van der Waals surface area contributed by atoms with E-state index < -0.39 is 0 Å². The minimum Gasteiger partial charge on any atom is -0.226 e. The average Bonchev–Trinajstić information content (AvgIpc) is 2.65. The molecule has 0 saturated heterocycles. The van der Waals surface area contributed by atoms with E-state index >= 15 is 0 Å². The summed E-state index contributed by atoms with van der Waals surface area (Å²) in [6, 6.07) is 0. The summed E-state index contributed by atoms with van der Waals surface area (Å²) < 4.78 is 0. The number of fused-ring (bicyclic) bond motifs is 2. The molecule has 0 radical (unpaired) electrons. The van der Waals surface area contributed by atoms with E-state index in [2.05, 4.69) is 39.9 Å². The predicted molar refractivity (Wildman–Crippen MR) is 117 cm³/mol. The molecule has 15 heteroatoms. The molecule has 0 aliphatic carbocycles. The molecule has 0 spiro atoms. The van der Waals surface area contributed by atoms with Crippen molar-refractivity contribution in [3.8, 4) is 0 Å². The number of hydrogen-bond donors (Lipinski definition) is 0. The third-order valence-electron chi connectivity index (χ3n) is 3.09. The summed E-state index contributed by atoms with van der Waals surface area (Å²) in [6.07, 6.45) is 1.84. The van der Waals surface area contributed by atoms with Gasteiger partial charge in [-0.15, -0.1) is 0 Å². The maximum atomic E-state index is 5.90. The van der Waals surface area contributed by atoms with Gasteiger partial charge in [0.15, 0.2) is 47.4 Å². The molecule has 0 atom stereocenters. The van der Waals surface area contributed by atoms with Crippen molar-refractivity contribution in [3.05, 3.63) is 36.7 Å². The Morgan fingerprint density at radius 2 is 0.966 bits per heavy atom. The number of thioether (sulfide) groups is 1. The van der Waals surface area contributed by atoms with Crippen molar-refractivity contribution in [2.24, 2.45) is 0 Å². The summed E-state index contributed by atoms with van der Waals surface area (Å²) in [5.74, 6) is 0.509. The first-order valence-electron chi connectivity index (χ1n) is 7.32. The van der Waals surface area contributed by atoms with Gasteiger partial charge in [0.25, 0.3) is 0 Å². The lowest BCUT2D eigenvalue weighted by Crippen LogP contribution is -1.96. The van der Waals surface area contributed by atoms with Crippen molar-refractivity contribution in [2.75, 3.05) is 6.26 Å². The second kappa shape index (κ2) is 9.38. The SMILES string of the molecule is CSc1nc(Cl)c2nc(Cl)c(Cl)nc2n1.Cc1nc(Cl)c2nc(Cl)c(Cl)nc2n1. The smallest absolute Gasteiger partial charge is 0.190 e. The van der Waals surface area contributed by atoms with E-state index in [4.69, 9.17) is 69.6 Å². The highest BCUT2D eigenvalue weighted by Gasteiger charge is 2.12. The Morgan fingerprint density at radius 1 is 0.517 bits per heavy atom. The highest BCUT2D eigenvalue weighted by molar-refractivity contribution is 7.98. The summed E-state index contributed by atoms with van der Waals surface area (Å²) in [5.41, 5.74) is 1.39. The van der Waals surface area contributed by atoms with Gasteiger partial charge in [-0.05, 0) is 13.2 Å². The monoisotopic (exact) mass is 528 g/mol. The molecule has 4 aromatic rings. The molecule has 0 aliphatic heterocycles. The molecule has 8 nitrogen and oxygen atoms in total. The zero-order chi connectivity index (χ0) is 21.3. The van der Waals surface area contributed by atoms with Crippen LogP contribution in [-0.2, 0) is 0 Å². The standard InChI is InChI=1S/C7H3Cl3N4S.C7H3Cl3N4/c1-15-7-13-3(8)2-6(14-7)12-5(10)4(9)11-2;1-2-11-4(8)3-7(12-2)14-6(10)5(9)13-3/h1H3;1H3. The summed E-state index contributed by atoms with van der Waals surface area (Å²) in [4.78, 5) is 31.8. The van der Waals surface area contributed by atoms with E-state index in [0.717, 1.165) is 0 Å². The Kier molecular flexibility index (Phi) is 7.32. The third kappa shape index (κ3) is 5.16. The topological polar surface area (TPSA) is 103 Å². The van der Waals surface area contributed by atoms with Gasteiger partial charge >= 0.3 is 0 Å². The quantitative estimate of drug-likeness (QED) is 0.172. The Labute approximate surface area is 197 Å². The van der Waals surface area contributed by atoms with Gasteiger partial charge in [0.1, 0.15) is 16.9 Å². The first-order chi connectivity index (χ1) is 13.7. The van der Waals surface area contributed by atoms with E-state index in [-0.39, 0.29) is 30.9 Å². The molecule has 4 heterocycles. The van der Waals surface area contributed by atoms with Crippen molar-refractivity contribution in [3.63, 3.8) is 0 Å². The van der Waals surface area contributed by atoms with Crippen LogP contribution < -0.4 is 0 Å². The molecule has 0 bridgehead atoms. The van der Waals surface area contributed by atoms with Gasteiger partial charge in [0.2, 0.25) is 0 Å². The average molecular weight is 531 g/mol. The van der Waals surface area contributed by atoms with E-state index in [1.807, 2.05) is 6.26 Å². The molecule has 0 unspecified atom stereocenters. The number of hydrogen-bond acceptors (Lipinski definition) is 9. The van der Waals surface area contributed by atoms with Crippen LogP contribution in [0.2, 0.25) is 30.9 Å². The zero-order valence-corrected chi connectivity index (χ0v) is 19.6. The first kappa shape index (κ1) is 22.6. The number of aryl methyl sites for hydroxylation is 1. The fraction of sp³-hybridized carbons (Fsp3) is 0.143.